The smallest absolute Gasteiger partial charge is 0.245 e. The highest BCUT2D eigenvalue weighted by Crippen LogP contribution is 2.29. The Balaban J connectivity index is 1.50. The van der Waals surface area contributed by atoms with Crippen molar-refractivity contribution < 1.29 is 8.42 Å². The molecule has 1 saturated carbocycles. The van der Waals surface area contributed by atoms with E-state index in [0.717, 1.165) is 30.7 Å². The number of benzene rings is 1. The van der Waals surface area contributed by atoms with Gasteiger partial charge >= 0.3 is 0 Å². The lowest BCUT2D eigenvalue weighted by Crippen LogP contribution is -2.45. The zero-order valence-corrected chi connectivity index (χ0v) is 14.5. The summed E-state index contributed by atoms with van der Waals surface area (Å²) in [5.41, 5.74) is 0.564. The normalized spacial score (nSPS) is 20.5. The Bertz CT molecular complexity index is 820. The van der Waals surface area contributed by atoms with Gasteiger partial charge in [-0.3, -0.25) is 4.98 Å². The van der Waals surface area contributed by atoms with E-state index >= 15 is 0 Å². The summed E-state index contributed by atoms with van der Waals surface area (Å²) in [7, 11) is -3.49. The summed E-state index contributed by atoms with van der Waals surface area (Å²) < 4.78 is 27.7. The van der Waals surface area contributed by atoms with Crippen molar-refractivity contribution >= 4 is 20.9 Å². The number of para-hydroxylation sites is 1. The molecule has 4 rings (SSSR count). The van der Waals surface area contributed by atoms with Crippen LogP contribution in [0.3, 0.4) is 0 Å². The van der Waals surface area contributed by atoms with Crippen LogP contribution in [-0.4, -0.2) is 43.4 Å². The van der Waals surface area contributed by atoms with Gasteiger partial charge in [-0.2, -0.15) is 4.31 Å². The highest BCUT2D eigenvalue weighted by atomic mass is 32.2. The molecule has 0 bridgehead atoms. The fourth-order valence-electron chi connectivity index (χ4n) is 3.38. The van der Waals surface area contributed by atoms with Crippen LogP contribution in [-0.2, 0) is 10.0 Å². The number of hydrogen-bond acceptors (Lipinski definition) is 4. The standard InChI is InChI=1S/C18H23N3O2S/c22-24(23,17-5-1-3-15-4-2-10-19-18(15)17)21-11-8-16(9-12-21)20-13-14-6-7-14/h1-5,10,14,16,20H,6-9,11-13H2. The summed E-state index contributed by atoms with van der Waals surface area (Å²) in [4.78, 5) is 4.62. The quantitative estimate of drug-likeness (QED) is 0.904. The summed E-state index contributed by atoms with van der Waals surface area (Å²) in [6.07, 6.45) is 6.09. The molecule has 0 unspecified atom stereocenters. The van der Waals surface area contributed by atoms with Crippen LogP contribution >= 0.6 is 0 Å². The van der Waals surface area contributed by atoms with E-state index in [1.54, 1.807) is 22.6 Å². The lowest BCUT2D eigenvalue weighted by atomic mass is 10.1. The fourth-order valence-corrected chi connectivity index (χ4v) is 5.01. The van der Waals surface area contributed by atoms with Crippen molar-refractivity contribution in [1.29, 1.82) is 0 Å². The summed E-state index contributed by atoms with van der Waals surface area (Å²) in [5.74, 6) is 0.855. The van der Waals surface area contributed by atoms with Crippen molar-refractivity contribution in [3.05, 3.63) is 36.5 Å². The molecule has 1 aliphatic carbocycles. The lowest BCUT2D eigenvalue weighted by Gasteiger charge is -2.32. The second kappa shape index (κ2) is 6.43. The van der Waals surface area contributed by atoms with Crippen LogP contribution < -0.4 is 5.32 Å². The van der Waals surface area contributed by atoms with Gasteiger partial charge in [-0.15, -0.1) is 0 Å². The number of aromatic nitrogens is 1. The Morgan fingerprint density at radius 1 is 1.08 bits per heavy atom. The van der Waals surface area contributed by atoms with E-state index in [1.165, 1.54) is 12.8 Å². The van der Waals surface area contributed by atoms with Crippen molar-refractivity contribution in [3.8, 4) is 0 Å². The number of piperidine rings is 1. The Labute approximate surface area is 143 Å². The molecule has 1 saturated heterocycles. The molecule has 1 aliphatic heterocycles. The monoisotopic (exact) mass is 345 g/mol. The first-order valence-corrected chi connectivity index (χ1v) is 10.2. The number of hydrogen-bond donors (Lipinski definition) is 1. The van der Waals surface area contributed by atoms with Crippen LogP contribution in [0.15, 0.2) is 41.4 Å². The fraction of sp³-hybridized carbons (Fsp3) is 0.500. The first kappa shape index (κ1) is 16.0. The average molecular weight is 345 g/mol. The molecule has 0 amide bonds. The summed E-state index contributed by atoms with van der Waals surface area (Å²) in [6, 6.07) is 9.53. The molecular weight excluding hydrogens is 322 g/mol. The van der Waals surface area contributed by atoms with Gasteiger partial charge in [0.15, 0.2) is 0 Å². The number of nitrogens with one attached hydrogen (secondary N) is 1. The van der Waals surface area contributed by atoms with Crippen LogP contribution in [0.2, 0.25) is 0 Å². The van der Waals surface area contributed by atoms with E-state index in [9.17, 15) is 8.42 Å². The third kappa shape index (κ3) is 3.18. The van der Waals surface area contributed by atoms with Gasteiger partial charge in [0.2, 0.25) is 10.0 Å². The molecule has 128 valence electrons. The number of pyridine rings is 1. The van der Waals surface area contributed by atoms with E-state index in [2.05, 4.69) is 10.3 Å². The summed E-state index contributed by atoms with van der Waals surface area (Å²) >= 11 is 0. The zero-order chi connectivity index (χ0) is 16.6. The molecule has 2 aliphatic rings. The van der Waals surface area contributed by atoms with Gasteiger partial charge in [-0.25, -0.2) is 8.42 Å². The molecule has 24 heavy (non-hydrogen) atoms. The topological polar surface area (TPSA) is 62.3 Å². The molecule has 6 heteroatoms. The molecule has 0 radical (unpaired) electrons. The van der Waals surface area contributed by atoms with Crippen molar-refractivity contribution in [2.24, 2.45) is 5.92 Å². The molecule has 1 N–H and O–H groups in total. The van der Waals surface area contributed by atoms with E-state index in [4.69, 9.17) is 0 Å². The van der Waals surface area contributed by atoms with Gasteiger partial charge in [0, 0.05) is 30.7 Å². The molecule has 0 atom stereocenters. The predicted octanol–water partition coefficient (Wildman–Crippen LogP) is 2.39. The van der Waals surface area contributed by atoms with Gasteiger partial charge in [0.05, 0.1) is 5.52 Å². The minimum absolute atomic E-state index is 0.324. The molecule has 2 aromatic rings. The van der Waals surface area contributed by atoms with Gasteiger partial charge in [0.1, 0.15) is 4.90 Å². The van der Waals surface area contributed by atoms with Crippen molar-refractivity contribution in [2.45, 2.75) is 36.6 Å². The third-order valence-electron chi connectivity index (χ3n) is 5.06. The summed E-state index contributed by atoms with van der Waals surface area (Å²) in [6.45, 7) is 2.24. The van der Waals surface area contributed by atoms with Gasteiger partial charge in [0.25, 0.3) is 0 Å². The Hall–Kier alpha value is -1.50. The minimum Gasteiger partial charge on any atom is -0.314 e. The number of nitrogens with zero attached hydrogens (tertiary/aromatic N) is 2. The van der Waals surface area contributed by atoms with Gasteiger partial charge < -0.3 is 5.32 Å². The molecule has 0 spiro atoms. The van der Waals surface area contributed by atoms with Crippen LogP contribution in [0.1, 0.15) is 25.7 Å². The summed E-state index contributed by atoms with van der Waals surface area (Å²) in [5, 5.41) is 4.45. The van der Waals surface area contributed by atoms with Crippen LogP contribution in [0, 0.1) is 5.92 Å². The molecule has 5 nitrogen and oxygen atoms in total. The predicted molar refractivity (Wildman–Crippen MR) is 94.3 cm³/mol. The van der Waals surface area contributed by atoms with Crippen LogP contribution in [0.5, 0.6) is 0 Å². The van der Waals surface area contributed by atoms with Crippen molar-refractivity contribution in [2.75, 3.05) is 19.6 Å². The maximum atomic E-state index is 13.0. The maximum absolute atomic E-state index is 13.0. The zero-order valence-electron chi connectivity index (χ0n) is 13.7. The second-order valence-corrected chi connectivity index (χ2v) is 8.77. The second-order valence-electron chi connectivity index (χ2n) is 6.86. The van der Waals surface area contributed by atoms with E-state index < -0.39 is 10.0 Å². The largest absolute Gasteiger partial charge is 0.314 e. The number of fused-ring (bicyclic) bond motifs is 1. The molecule has 1 aromatic heterocycles. The highest BCUT2D eigenvalue weighted by Gasteiger charge is 2.31. The third-order valence-corrected chi connectivity index (χ3v) is 6.99. The van der Waals surface area contributed by atoms with Crippen molar-refractivity contribution in [1.82, 2.24) is 14.6 Å². The first-order chi connectivity index (χ1) is 11.6. The molecular formula is C18H23N3O2S. The lowest BCUT2D eigenvalue weighted by molar-refractivity contribution is 0.288. The maximum Gasteiger partial charge on any atom is 0.245 e. The highest BCUT2D eigenvalue weighted by molar-refractivity contribution is 7.89. The van der Waals surface area contributed by atoms with Crippen LogP contribution in [0.4, 0.5) is 0 Å². The van der Waals surface area contributed by atoms with Gasteiger partial charge in [-0.05, 0) is 50.3 Å². The van der Waals surface area contributed by atoms with Gasteiger partial charge in [-0.1, -0.05) is 18.2 Å². The average Bonchev–Trinajstić information content (AvgIpc) is 3.44. The number of sulfonamides is 1. The SMILES string of the molecule is O=S(=O)(c1cccc2cccnc12)N1CCC(NCC2CC2)CC1. The Morgan fingerprint density at radius 2 is 1.83 bits per heavy atom. The molecule has 2 heterocycles. The van der Waals surface area contributed by atoms with E-state index in [1.807, 2.05) is 18.2 Å². The number of rotatable bonds is 5. The Morgan fingerprint density at radius 3 is 2.58 bits per heavy atom. The van der Waals surface area contributed by atoms with Crippen LogP contribution in [0.25, 0.3) is 10.9 Å². The van der Waals surface area contributed by atoms with Crippen molar-refractivity contribution in [3.63, 3.8) is 0 Å². The Kier molecular flexibility index (Phi) is 4.28. The minimum atomic E-state index is -3.49. The van der Waals surface area contributed by atoms with E-state index in [-0.39, 0.29) is 0 Å². The molecule has 2 fully saturated rings. The molecule has 1 aromatic carbocycles. The van der Waals surface area contributed by atoms with E-state index in [0.29, 0.717) is 29.5 Å². The first-order valence-electron chi connectivity index (χ1n) is 8.72.